The van der Waals surface area contributed by atoms with Crippen molar-refractivity contribution in [3.63, 3.8) is 0 Å². The molecule has 1 aromatic heterocycles. The fourth-order valence-corrected chi connectivity index (χ4v) is 3.62. The Balaban J connectivity index is 1.54. The number of rotatable bonds is 5. The molecule has 1 aromatic carbocycles. The number of nitrogens with zero attached hydrogens (tertiary/aromatic N) is 2. The van der Waals surface area contributed by atoms with Crippen LogP contribution in [0.2, 0.25) is 0 Å². The number of nitrogens with one attached hydrogen (secondary N) is 1. The van der Waals surface area contributed by atoms with Crippen LogP contribution in [0.5, 0.6) is 0 Å². The van der Waals surface area contributed by atoms with Crippen molar-refractivity contribution in [1.82, 2.24) is 9.47 Å². The molecule has 0 bridgehead atoms. The van der Waals surface area contributed by atoms with Crippen molar-refractivity contribution in [3.8, 4) is 0 Å². The summed E-state index contributed by atoms with van der Waals surface area (Å²) in [5.41, 5.74) is 3.74. The van der Waals surface area contributed by atoms with E-state index in [1.165, 1.54) is 12.7 Å². The maximum Gasteiger partial charge on any atom is 0.354 e. The maximum absolute atomic E-state index is 12.4. The van der Waals surface area contributed by atoms with Crippen LogP contribution in [0.4, 0.5) is 5.69 Å². The second-order valence-electron chi connectivity index (χ2n) is 7.10. The lowest BCUT2D eigenvalue weighted by atomic mass is 10.0. The van der Waals surface area contributed by atoms with Gasteiger partial charge in [-0.05, 0) is 56.0 Å². The van der Waals surface area contributed by atoms with Crippen molar-refractivity contribution < 1.29 is 14.3 Å². The fraction of sp³-hybridized carbons (Fsp3) is 0.429. The molecule has 0 radical (unpaired) electrons. The Morgan fingerprint density at radius 1 is 1.15 bits per heavy atom. The molecule has 0 spiro atoms. The summed E-state index contributed by atoms with van der Waals surface area (Å²) in [5, 5.41) is 3.02. The summed E-state index contributed by atoms with van der Waals surface area (Å²) in [4.78, 5) is 26.4. The van der Waals surface area contributed by atoms with E-state index in [0.29, 0.717) is 12.2 Å². The van der Waals surface area contributed by atoms with E-state index in [4.69, 9.17) is 4.74 Å². The molecule has 1 amide bonds. The van der Waals surface area contributed by atoms with Crippen LogP contribution in [-0.4, -0.2) is 48.1 Å². The molecule has 27 heavy (non-hydrogen) atoms. The summed E-state index contributed by atoms with van der Waals surface area (Å²) >= 11 is 0. The topological polar surface area (TPSA) is 63.6 Å². The minimum atomic E-state index is -0.310. The number of esters is 1. The molecule has 0 aliphatic carbocycles. The number of amides is 1. The SMILES string of the molecule is COC(=O)c1cccn1C1CCN(CC(=O)Nc2cccc(C)c2C)CC1. The highest BCUT2D eigenvalue weighted by atomic mass is 16.5. The van der Waals surface area contributed by atoms with Crippen molar-refractivity contribution in [2.75, 3.05) is 32.1 Å². The first-order chi connectivity index (χ1) is 13.0. The number of hydrogen-bond acceptors (Lipinski definition) is 4. The van der Waals surface area contributed by atoms with E-state index in [0.717, 1.165) is 37.2 Å². The number of ether oxygens (including phenoxy) is 1. The van der Waals surface area contributed by atoms with Gasteiger partial charge in [-0.2, -0.15) is 0 Å². The first kappa shape index (κ1) is 19.2. The second kappa shape index (κ2) is 8.39. The molecule has 3 rings (SSSR count). The van der Waals surface area contributed by atoms with Crippen LogP contribution in [0.1, 0.15) is 40.5 Å². The van der Waals surface area contributed by atoms with E-state index in [-0.39, 0.29) is 17.9 Å². The Hall–Kier alpha value is -2.60. The lowest BCUT2D eigenvalue weighted by Gasteiger charge is -2.32. The normalized spacial score (nSPS) is 15.5. The number of hydrogen-bond donors (Lipinski definition) is 1. The largest absolute Gasteiger partial charge is 0.464 e. The van der Waals surface area contributed by atoms with E-state index in [1.54, 1.807) is 6.07 Å². The first-order valence-corrected chi connectivity index (χ1v) is 9.33. The number of aromatic nitrogens is 1. The van der Waals surface area contributed by atoms with Crippen LogP contribution in [0.25, 0.3) is 0 Å². The highest BCUT2D eigenvalue weighted by molar-refractivity contribution is 5.93. The zero-order valence-corrected chi connectivity index (χ0v) is 16.2. The summed E-state index contributed by atoms with van der Waals surface area (Å²) in [7, 11) is 1.40. The van der Waals surface area contributed by atoms with Crippen LogP contribution in [0.3, 0.4) is 0 Å². The lowest BCUT2D eigenvalue weighted by molar-refractivity contribution is -0.117. The lowest BCUT2D eigenvalue weighted by Crippen LogP contribution is -2.40. The van der Waals surface area contributed by atoms with Gasteiger partial charge in [-0.25, -0.2) is 4.79 Å². The van der Waals surface area contributed by atoms with Crippen molar-refractivity contribution in [2.45, 2.75) is 32.7 Å². The molecule has 2 heterocycles. The Labute approximate surface area is 160 Å². The number of piperidine rings is 1. The van der Waals surface area contributed by atoms with Gasteiger partial charge >= 0.3 is 5.97 Å². The summed E-state index contributed by atoms with van der Waals surface area (Å²) in [6, 6.07) is 9.85. The van der Waals surface area contributed by atoms with Crippen molar-refractivity contribution in [3.05, 3.63) is 53.3 Å². The Bertz CT molecular complexity index is 820. The Kier molecular flexibility index (Phi) is 5.96. The average molecular weight is 369 g/mol. The number of aryl methyl sites for hydroxylation is 1. The molecule has 1 fully saturated rings. The monoisotopic (exact) mass is 369 g/mol. The van der Waals surface area contributed by atoms with E-state index < -0.39 is 0 Å². The zero-order chi connectivity index (χ0) is 19.4. The predicted molar refractivity (Wildman–Crippen MR) is 105 cm³/mol. The zero-order valence-electron chi connectivity index (χ0n) is 16.2. The molecule has 2 aromatic rings. The van der Waals surface area contributed by atoms with Gasteiger partial charge in [0.1, 0.15) is 5.69 Å². The third-order valence-corrected chi connectivity index (χ3v) is 5.37. The smallest absolute Gasteiger partial charge is 0.354 e. The molecule has 144 valence electrons. The molecule has 1 aliphatic heterocycles. The number of anilines is 1. The number of carbonyl (C=O) groups is 2. The highest BCUT2D eigenvalue weighted by Gasteiger charge is 2.24. The molecule has 0 saturated carbocycles. The summed E-state index contributed by atoms with van der Waals surface area (Å²) < 4.78 is 6.85. The molecule has 1 saturated heterocycles. The van der Waals surface area contributed by atoms with E-state index >= 15 is 0 Å². The minimum absolute atomic E-state index is 0.0124. The van der Waals surface area contributed by atoms with Gasteiger partial charge in [-0.1, -0.05) is 12.1 Å². The molecule has 6 nitrogen and oxygen atoms in total. The molecule has 6 heteroatoms. The van der Waals surface area contributed by atoms with E-state index in [1.807, 2.05) is 48.9 Å². The third-order valence-electron chi connectivity index (χ3n) is 5.37. The summed E-state index contributed by atoms with van der Waals surface area (Å²) in [6.45, 7) is 6.09. The van der Waals surface area contributed by atoms with Crippen molar-refractivity contribution in [2.24, 2.45) is 0 Å². The number of benzene rings is 1. The number of carbonyl (C=O) groups excluding carboxylic acids is 2. The average Bonchev–Trinajstić information content (AvgIpc) is 3.15. The number of likely N-dealkylation sites (tertiary alicyclic amines) is 1. The van der Waals surface area contributed by atoms with Gasteiger partial charge in [-0.3, -0.25) is 9.69 Å². The van der Waals surface area contributed by atoms with Gasteiger partial charge in [0.2, 0.25) is 5.91 Å². The van der Waals surface area contributed by atoms with Crippen molar-refractivity contribution in [1.29, 1.82) is 0 Å². The Morgan fingerprint density at radius 3 is 2.59 bits per heavy atom. The van der Waals surface area contributed by atoms with E-state index in [2.05, 4.69) is 10.2 Å². The second-order valence-corrected chi connectivity index (χ2v) is 7.10. The van der Waals surface area contributed by atoms with Gasteiger partial charge < -0.3 is 14.6 Å². The molecule has 0 unspecified atom stereocenters. The third kappa shape index (κ3) is 4.39. The molecule has 1 N–H and O–H groups in total. The first-order valence-electron chi connectivity index (χ1n) is 9.33. The van der Waals surface area contributed by atoms with Crippen LogP contribution < -0.4 is 5.32 Å². The standard InChI is InChI=1S/C21H27N3O3/c1-15-6-4-7-18(16(15)2)22-20(25)14-23-12-9-17(10-13-23)24-11-5-8-19(24)21(26)27-3/h4-8,11,17H,9-10,12-14H2,1-3H3,(H,22,25). The minimum Gasteiger partial charge on any atom is -0.464 e. The highest BCUT2D eigenvalue weighted by Crippen LogP contribution is 2.25. The number of methoxy groups -OCH3 is 1. The Morgan fingerprint density at radius 2 is 1.89 bits per heavy atom. The maximum atomic E-state index is 12.4. The molecular formula is C21H27N3O3. The van der Waals surface area contributed by atoms with Crippen LogP contribution in [0.15, 0.2) is 36.5 Å². The van der Waals surface area contributed by atoms with E-state index in [9.17, 15) is 9.59 Å². The molecule has 0 atom stereocenters. The molecule has 1 aliphatic rings. The van der Waals surface area contributed by atoms with Gasteiger partial charge in [-0.15, -0.1) is 0 Å². The predicted octanol–water partition coefficient (Wildman–Crippen LogP) is 3.17. The van der Waals surface area contributed by atoms with Gasteiger partial charge in [0.25, 0.3) is 0 Å². The van der Waals surface area contributed by atoms with Crippen molar-refractivity contribution >= 4 is 17.6 Å². The van der Waals surface area contributed by atoms with Gasteiger partial charge in [0.15, 0.2) is 0 Å². The van der Waals surface area contributed by atoms with Crippen LogP contribution in [-0.2, 0) is 9.53 Å². The summed E-state index contributed by atoms with van der Waals surface area (Å²) in [6.07, 6.45) is 3.73. The van der Waals surface area contributed by atoms with Crippen LogP contribution >= 0.6 is 0 Å². The summed E-state index contributed by atoms with van der Waals surface area (Å²) in [5.74, 6) is -0.298. The van der Waals surface area contributed by atoms with Gasteiger partial charge in [0, 0.05) is 31.0 Å². The fourth-order valence-electron chi connectivity index (χ4n) is 3.62. The molecular weight excluding hydrogens is 342 g/mol. The van der Waals surface area contributed by atoms with Crippen LogP contribution in [0, 0.1) is 13.8 Å². The quantitative estimate of drug-likeness (QED) is 0.823. The van der Waals surface area contributed by atoms with Gasteiger partial charge in [0.05, 0.1) is 13.7 Å².